The van der Waals surface area contributed by atoms with Crippen LogP contribution in [0.15, 0.2) is 23.6 Å². The number of pyridine rings is 1. The smallest absolute Gasteiger partial charge is 0.270 e. The molecule has 0 unspecified atom stereocenters. The summed E-state index contributed by atoms with van der Waals surface area (Å²) in [5, 5.41) is 8.86. The van der Waals surface area contributed by atoms with E-state index in [0.717, 1.165) is 29.5 Å². The third kappa shape index (κ3) is 4.03. The molecule has 0 fully saturated rings. The molecule has 2 heterocycles. The monoisotopic (exact) mass is 290 g/mol. The lowest BCUT2D eigenvalue weighted by Gasteiger charge is -2.06. The second kappa shape index (κ2) is 7.00. The predicted molar refractivity (Wildman–Crippen MR) is 81.0 cm³/mol. The minimum atomic E-state index is -0.182. The van der Waals surface area contributed by atoms with Crippen LogP contribution in [0.2, 0.25) is 0 Å². The Morgan fingerprint density at radius 3 is 2.90 bits per heavy atom. The summed E-state index contributed by atoms with van der Waals surface area (Å²) in [6, 6.07) is 5.39. The molecule has 0 saturated heterocycles. The molecule has 0 spiro atoms. The van der Waals surface area contributed by atoms with Crippen molar-refractivity contribution in [3.63, 3.8) is 0 Å². The van der Waals surface area contributed by atoms with E-state index in [1.54, 1.807) is 17.4 Å². The van der Waals surface area contributed by atoms with Crippen molar-refractivity contribution in [3.8, 4) is 0 Å². The Labute approximate surface area is 122 Å². The van der Waals surface area contributed by atoms with Gasteiger partial charge in [-0.25, -0.2) is 9.97 Å². The van der Waals surface area contributed by atoms with Crippen LogP contribution < -0.4 is 10.6 Å². The van der Waals surface area contributed by atoms with Gasteiger partial charge in [-0.3, -0.25) is 4.79 Å². The summed E-state index contributed by atoms with van der Waals surface area (Å²) in [5.74, 6) is 0.544. The molecule has 0 aromatic carbocycles. The van der Waals surface area contributed by atoms with Crippen molar-refractivity contribution in [2.45, 2.75) is 26.8 Å². The average molecular weight is 290 g/mol. The van der Waals surface area contributed by atoms with Crippen molar-refractivity contribution in [1.82, 2.24) is 15.3 Å². The molecule has 2 N–H and O–H groups in total. The average Bonchev–Trinajstić information content (AvgIpc) is 2.88. The molecule has 0 atom stereocenters. The summed E-state index contributed by atoms with van der Waals surface area (Å²) in [6.07, 6.45) is 1.02. The molecule has 106 valence electrons. The quantitative estimate of drug-likeness (QED) is 0.858. The van der Waals surface area contributed by atoms with Crippen LogP contribution in [0.1, 0.15) is 34.5 Å². The molecular formula is C14H18N4OS. The van der Waals surface area contributed by atoms with Crippen LogP contribution in [-0.4, -0.2) is 22.4 Å². The standard InChI is InChI=1S/C14H18N4OS/c1-3-7-15-12-6-4-5-11(18-12)14(19)16-8-13-17-10(2)9-20-13/h4-6,9H,3,7-8H2,1-2H3,(H,15,18)(H,16,19). The van der Waals surface area contributed by atoms with Gasteiger partial charge < -0.3 is 10.6 Å². The number of nitrogens with zero attached hydrogens (tertiary/aromatic N) is 2. The molecule has 2 aromatic rings. The van der Waals surface area contributed by atoms with Gasteiger partial charge in [0.05, 0.1) is 6.54 Å². The van der Waals surface area contributed by atoms with Crippen LogP contribution in [0.4, 0.5) is 5.82 Å². The predicted octanol–water partition coefficient (Wildman–Crippen LogP) is 2.60. The van der Waals surface area contributed by atoms with E-state index in [4.69, 9.17) is 0 Å². The van der Waals surface area contributed by atoms with Crippen molar-refractivity contribution in [2.75, 3.05) is 11.9 Å². The fraction of sp³-hybridized carbons (Fsp3) is 0.357. The first kappa shape index (κ1) is 14.5. The Balaban J connectivity index is 1.94. The van der Waals surface area contributed by atoms with Crippen LogP contribution >= 0.6 is 11.3 Å². The third-order valence-corrected chi connectivity index (χ3v) is 3.57. The number of aryl methyl sites for hydroxylation is 1. The van der Waals surface area contributed by atoms with Crippen LogP contribution in [0.25, 0.3) is 0 Å². The second-order valence-electron chi connectivity index (χ2n) is 4.40. The molecule has 0 aliphatic carbocycles. The van der Waals surface area contributed by atoms with E-state index < -0.39 is 0 Å². The molecule has 0 radical (unpaired) electrons. The minimum Gasteiger partial charge on any atom is -0.370 e. The lowest BCUT2D eigenvalue weighted by molar-refractivity contribution is 0.0946. The number of thiazole rings is 1. The summed E-state index contributed by atoms with van der Waals surface area (Å²) in [7, 11) is 0. The number of rotatable bonds is 6. The summed E-state index contributed by atoms with van der Waals surface area (Å²) in [6.45, 7) is 5.30. The number of carbonyl (C=O) groups excluding carboxylic acids is 1. The first-order valence-electron chi connectivity index (χ1n) is 6.59. The Hall–Kier alpha value is -1.95. The molecule has 2 rings (SSSR count). The van der Waals surface area contributed by atoms with Crippen LogP contribution in [0.5, 0.6) is 0 Å². The summed E-state index contributed by atoms with van der Waals surface area (Å²) < 4.78 is 0. The normalized spacial score (nSPS) is 10.3. The Morgan fingerprint density at radius 2 is 2.20 bits per heavy atom. The van der Waals surface area contributed by atoms with Crippen molar-refractivity contribution in [3.05, 3.63) is 40.0 Å². The third-order valence-electron chi connectivity index (χ3n) is 2.60. The molecule has 0 bridgehead atoms. The highest BCUT2D eigenvalue weighted by atomic mass is 32.1. The molecule has 0 aliphatic rings. The highest BCUT2D eigenvalue weighted by Gasteiger charge is 2.08. The Kier molecular flexibility index (Phi) is 5.06. The van der Waals surface area contributed by atoms with E-state index in [9.17, 15) is 4.79 Å². The van der Waals surface area contributed by atoms with Gasteiger partial charge in [0.15, 0.2) is 0 Å². The van der Waals surface area contributed by atoms with Gasteiger partial charge in [0, 0.05) is 17.6 Å². The SMILES string of the molecule is CCCNc1cccc(C(=O)NCc2nc(C)cs2)n1. The van der Waals surface area contributed by atoms with Gasteiger partial charge >= 0.3 is 0 Å². The van der Waals surface area contributed by atoms with Gasteiger partial charge in [0.2, 0.25) is 0 Å². The number of carbonyl (C=O) groups is 1. The highest BCUT2D eigenvalue weighted by molar-refractivity contribution is 7.09. The zero-order valence-corrected chi connectivity index (χ0v) is 12.5. The molecule has 6 heteroatoms. The molecule has 1 amide bonds. The van der Waals surface area contributed by atoms with Crippen molar-refractivity contribution in [1.29, 1.82) is 0 Å². The number of hydrogen-bond donors (Lipinski definition) is 2. The van der Waals surface area contributed by atoms with Gasteiger partial charge in [0.1, 0.15) is 16.5 Å². The highest BCUT2D eigenvalue weighted by Crippen LogP contribution is 2.09. The van der Waals surface area contributed by atoms with Crippen LogP contribution in [0, 0.1) is 6.92 Å². The maximum Gasteiger partial charge on any atom is 0.270 e. The Bertz CT molecular complexity index is 582. The number of aromatic nitrogens is 2. The van der Waals surface area contributed by atoms with Gasteiger partial charge in [-0.05, 0) is 25.5 Å². The molecule has 0 aliphatic heterocycles. The summed E-state index contributed by atoms with van der Waals surface area (Å²) >= 11 is 1.54. The van der Waals surface area contributed by atoms with Gasteiger partial charge in [-0.1, -0.05) is 13.0 Å². The minimum absolute atomic E-state index is 0.182. The van der Waals surface area contributed by atoms with E-state index in [2.05, 4.69) is 27.5 Å². The lowest BCUT2D eigenvalue weighted by atomic mass is 10.3. The fourth-order valence-corrected chi connectivity index (χ4v) is 2.35. The topological polar surface area (TPSA) is 66.9 Å². The summed E-state index contributed by atoms with van der Waals surface area (Å²) in [5.41, 5.74) is 1.39. The van der Waals surface area contributed by atoms with Gasteiger partial charge in [0.25, 0.3) is 5.91 Å². The number of hydrogen-bond acceptors (Lipinski definition) is 5. The fourth-order valence-electron chi connectivity index (χ4n) is 1.64. The number of anilines is 1. The van der Waals surface area contributed by atoms with E-state index >= 15 is 0 Å². The van der Waals surface area contributed by atoms with E-state index in [-0.39, 0.29) is 5.91 Å². The van der Waals surface area contributed by atoms with Gasteiger partial charge in [-0.2, -0.15) is 0 Å². The molecule has 2 aromatic heterocycles. The van der Waals surface area contributed by atoms with Crippen LogP contribution in [0.3, 0.4) is 0 Å². The molecular weight excluding hydrogens is 272 g/mol. The second-order valence-corrected chi connectivity index (χ2v) is 5.34. The molecule has 20 heavy (non-hydrogen) atoms. The van der Waals surface area contributed by atoms with Crippen LogP contribution in [-0.2, 0) is 6.54 Å². The first-order chi connectivity index (χ1) is 9.69. The van der Waals surface area contributed by atoms with E-state index in [1.165, 1.54) is 0 Å². The zero-order valence-electron chi connectivity index (χ0n) is 11.6. The van der Waals surface area contributed by atoms with E-state index in [1.807, 2.05) is 24.4 Å². The lowest BCUT2D eigenvalue weighted by Crippen LogP contribution is -2.24. The van der Waals surface area contributed by atoms with Crippen molar-refractivity contribution in [2.24, 2.45) is 0 Å². The zero-order chi connectivity index (χ0) is 14.4. The van der Waals surface area contributed by atoms with Crippen molar-refractivity contribution < 1.29 is 4.79 Å². The maximum absolute atomic E-state index is 12.0. The Morgan fingerprint density at radius 1 is 1.35 bits per heavy atom. The van der Waals surface area contributed by atoms with Crippen molar-refractivity contribution >= 4 is 23.1 Å². The number of amides is 1. The molecule has 5 nitrogen and oxygen atoms in total. The molecule has 0 saturated carbocycles. The van der Waals surface area contributed by atoms with E-state index in [0.29, 0.717) is 12.2 Å². The first-order valence-corrected chi connectivity index (χ1v) is 7.47. The maximum atomic E-state index is 12.0. The van der Waals surface area contributed by atoms with Gasteiger partial charge in [-0.15, -0.1) is 11.3 Å². The largest absolute Gasteiger partial charge is 0.370 e. The number of nitrogens with one attached hydrogen (secondary N) is 2. The summed E-state index contributed by atoms with van der Waals surface area (Å²) in [4.78, 5) is 20.6.